The zero-order chi connectivity index (χ0) is 16.5. The quantitative estimate of drug-likeness (QED) is 0.300. The van der Waals surface area contributed by atoms with Gasteiger partial charge in [0, 0.05) is 49.9 Å². The summed E-state index contributed by atoms with van der Waals surface area (Å²) >= 11 is 0. The standard InChI is InChI=1S/2C9H13.C2H7Si.ClH.Sm/c2*1-9(2,3)8-6-4-5-7-8;1-3-2;;/h2*4-7H,1-3H3;3H,1-2H3;1H;/q2*-1;;;. The molecular formula is C20H34ClSiSm-2. The zero-order valence-electron chi connectivity index (χ0n) is 16.0. The zero-order valence-corrected chi connectivity index (χ0v) is 20.6. The molecule has 3 heteroatoms. The summed E-state index contributed by atoms with van der Waals surface area (Å²) in [5.74, 6) is 0. The second kappa shape index (κ2) is 13.8. The third-order valence-electron chi connectivity index (χ3n) is 3.06. The molecule has 2 aromatic carbocycles. The van der Waals surface area contributed by atoms with E-state index in [1.165, 1.54) is 11.1 Å². The van der Waals surface area contributed by atoms with Crippen LogP contribution in [0.15, 0.2) is 48.5 Å². The fourth-order valence-electron chi connectivity index (χ4n) is 1.75. The second-order valence-corrected chi connectivity index (χ2v) is 8.58. The molecule has 0 heterocycles. The monoisotopic (exact) mass is 489 g/mol. The summed E-state index contributed by atoms with van der Waals surface area (Å²) < 4.78 is 0. The molecule has 0 spiro atoms. The number of hydrogen-bond donors (Lipinski definition) is 0. The maximum Gasteiger partial charge on any atom is 0.0213 e. The third-order valence-corrected chi connectivity index (χ3v) is 3.06. The molecular weight excluding hydrogens is 454 g/mol. The van der Waals surface area contributed by atoms with Gasteiger partial charge in [-0.1, -0.05) is 65.5 Å². The van der Waals surface area contributed by atoms with E-state index < -0.39 is 0 Å². The van der Waals surface area contributed by atoms with E-state index in [9.17, 15) is 0 Å². The van der Waals surface area contributed by atoms with Crippen LogP contribution in [0.2, 0.25) is 13.1 Å². The van der Waals surface area contributed by atoms with E-state index >= 15 is 0 Å². The Bertz CT molecular complexity index is 401. The van der Waals surface area contributed by atoms with Crippen LogP contribution in [0.1, 0.15) is 52.7 Å². The van der Waals surface area contributed by atoms with Gasteiger partial charge in [-0.05, 0) is 0 Å². The summed E-state index contributed by atoms with van der Waals surface area (Å²) in [5, 5.41) is 0. The van der Waals surface area contributed by atoms with Crippen LogP contribution in [0.4, 0.5) is 0 Å². The summed E-state index contributed by atoms with van der Waals surface area (Å²) in [4.78, 5) is 0. The molecule has 23 heavy (non-hydrogen) atoms. The first-order chi connectivity index (χ1) is 9.62. The van der Waals surface area contributed by atoms with Gasteiger partial charge in [0.15, 0.2) is 0 Å². The van der Waals surface area contributed by atoms with Crippen molar-refractivity contribution < 1.29 is 40.4 Å². The van der Waals surface area contributed by atoms with Crippen molar-refractivity contribution in [3.05, 3.63) is 59.7 Å². The first-order valence-electron chi connectivity index (χ1n) is 7.81. The fourth-order valence-corrected chi connectivity index (χ4v) is 1.75. The van der Waals surface area contributed by atoms with Crippen LogP contribution in [-0.4, -0.2) is 9.52 Å². The molecule has 0 amide bonds. The van der Waals surface area contributed by atoms with Gasteiger partial charge in [-0.3, -0.25) is 0 Å². The summed E-state index contributed by atoms with van der Waals surface area (Å²) in [5.41, 5.74) is 3.48. The van der Waals surface area contributed by atoms with Gasteiger partial charge in [-0.25, -0.2) is 12.1 Å². The molecule has 0 aliphatic heterocycles. The molecule has 2 aromatic rings. The molecule has 0 aliphatic carbocycles. The molecule has 1 radical (unpaired) electrons. The van der Waals surface area contributed by atoms with Crippen LogP contribution in [0.25, 0.3) is 0 Å². The van der Waals surface area contributed by atoms with Crippen molar-refractivity contribution in [3.63, 3.8) is 0 Å². The Morgan fingerprint density at radius 3 is 1.09 bits per heavy atom. The van der Waals surface area contributed by atoms with Gasteiger partial charge in [-0.2, -0.15) is 47.5 Å². The van der Waals surface area contributed by atoms with E-state index in [0.29, 0.717) is 10.8 Å². The Balaban J connectivity index is -0.000000277. The maximum atomic E-state index is 2.22. The SMILES string of the molecule is CC(C)(C)c1cc[cH-]c1.CC(C)(C)c1cc[cH-]c1.C[SiH]C.Cl.[Sm]. The van der Waals surface area contributed by atoms with E-state index in [-0.39, 0.29) is 52.8 Å². The topological polar surface area (TPSA) is 0 Å². The minimum absolute atomic E-state index is 0. The van der Waals surface area contributed by atoms with Crippen molar-refractivity contribution in [2.24, 2.45) is 0 Å². The first-order valence-corrected chi connectivity index (χ1v) is 10.1. The average Bonchev–Trinajstić information content (AvgIpc) is 3.03. The van der Waals surface area contributed by atoms with E-state index in [1.54, 1.807) is 0 Å². The van der Waals surface area contributed by atoms with E-state index in [2.05, 4.69) is 103 Å². The third kappa shape index (κ3) is 13.5. The van der Waals surface area contributed by atoms with E-state index in [1.807, 2.05) is 0 Å². The van der Waals surface area contributed by atoms with Crippen LogP contribution in [0.3, 0.4) is 0 Å². The Hall–Kier alpha value is 0.545. The first kappa shape index (κ1) is 28.4. The molecule has 0 nitrogen and oxygen atoms in total. The van der Waals surface area contributed by atoms with E-state index in [0.717, 1.165) is 9.52 Å². The molecule has 0 aromatic heterocycles. The molecule has 0 fully saturated rings. The Labute approximate surface area is 185 Å². The molecule has 0 aliphatic rings. The number of halogens is 1. The molecule has 0 N–H and O–H groups in total. The van der Waals surface area contributed by atoms with Crippen molar-refractivity contribution in [1.82, 2.24) is 0 Å². The molecule has 0 atom stereocenters. The van der Waals surface area contributed by atoms with Gasteiger partial charge in [0.25, 0.3) is 0 Å². The van der Waals surface area contributed by atoms with Crippen molar-refractivity contribution in [2.45, 2.75) is 65.5 Å². The van der Waals surface area contributed by atoms with Gasteiger partial charge in [-0.15, -0.1) is 12.4 Å². The van der Waals surface area contributed by atoms with Gasteiger partial charge < -0.3 is 0 Å². The molecule has 0 bridgehead atoms. The van der Waals surface area contributed by atoms with E-state index in [4.69, 9.17) is 0 Å². The van der Waals surface area contributed by atoms with Crippen molar-refractivity contribution in [1.29, 1.82) is 0 Å². The molecule has 2 rings (SSSR count). The summed E-state index contributed by atoms with van der Waals surface area (Å²) in [6.07, 6.45) is 0. The van der Waals surface area contributed by atoms with Gasteiger partial charge in [0.1, 0.15) is 0 Å². The van der Waals surface area contributed by atoms with Crippen LogP contribution < -0.4 is 0 Å². The van der Waals surface area contributed by atoms with Crippen molar-refractivity contribution in [3.8, 4) is 0 Å². The maximum absolute atomic E-state index is 2.22. The normalized spacial score (nSPS) is 10.1. The van der Waals surface area contributed by atoms with Crippen LogP contribution >= 0.6 is 12.4 Å². The van der Waals surface area contributed by atoms with Gasteiger partial charge in [0.05, 0.1) is 0 Å². The molecule has 133 valence electrons. The molecule has 0 saturated carbocycles. The molecule has 0 saturated heterocycles. The predicted octanol–water partition coefficient (Wildman–Crippen LogP) is 6.35. The Morgan fingerprint density at radius 2 is 1.00 bits per heavy atom. The molecule has 0 unspecified atom stereocenters. The summed E-state index contributed by atoms with van der Waals surface area (Å²) in [6, 6.07) is 17.0. The largest absolute Gasteiger partial charge is 0.210 e. The fraction of sp³-hybridized carbons (Fsp3) is 0.500. The van der Waals surface area contributed by atoms with Crippen molar-refractivity contribution >= 4 is 21.9 Å². The number of rotatable bonds is 0. The second-order valence-electron chi connectivity index (χ2n) is 7.42. The van der Waals surface area contributed by atoms with Crippen LogP contribution in [-0.2, 0) is 10.8 Å². The van der Waals surface area contributed by atoms with Crippen LogP contribution in [0, 0.1) is 40.4 Å². The minimum atomic E-state index is 0. The average molecular weight is 488 g/mol. The summed E-state index contributed by atoms with van der Waals surface area (Å²) in [6.45, 7) is 17.8. The smallest absolute Gasteiger partial charge is 0.0213 e. The van der Waals surface area contributed by atoms with Gasteiger partial charge >= 0.3 is 0 Å². The predicted molar refractivity (Wildman–Crippen MR) is 108 cm³/mol. The minimum Gasteiger partial charge on any atom is -0.210 e. The van der Waals surface area contributed by atoms with Crippen molar-refractivity contribution in [2.75, 3.05) is 0 Å². The Morgan fingerprint density at radius 1 is 0.739 bits per heavy atom. The van der Waals surface area contributed by atoms with Crippen LogP contribution in [0.5, 0.6) is 0 Å². The number of hydrogen-bond acceptors (Lipinski definition) is 0. The Kier molecular flexibility index (Phi) is 17.0. The van der Waals surface area contributed by atoms with Gasteiger partial charge in [0.2, 0.25) is 0 Å². The summed E-state index contributed by atoms with van der Waals surface area (Å²) in [7, 11) is 0.750.